The SMILES string of the molecule is CNCC(=O)N1CCC[C@H]1c1ncc(-c2ccc(C3CC=C(c4ccc5nc(C6CCCN6)[nH]c5c4)C4=C3CCCC43CCC3)s2)[nH]1. The van der Waals surface area contributed by atoms with Crippen LogP contribution in [0.2, 0.25) is 0 Å². The Balaban J connectivity index is 1.02. The van der Waals surface area contributed by atoms with Crippen molar-refractivity contribution in [3.05, 3.63) is 75.8 Å². The Labute approximate surface area is 280 Å². The molecule has 0 bridgehead atoms. The van der Waals surface area contributed by atoms with Crippen molar-refractivity contribution < 1.29 is 4.79 Å². The number of rotatable bonds is 7. The normalized spacial score (nSPS) is 25.4. The summed E-state index contributed by atoms with van der Waals surface area (Å²) in [7, 11) is 1.83. The minimum absolute atomic E-state index is 0.0338. The number of carbonyl (C=O) groups is 1. The minimum atomic E-state index is 0.0338. The predicted molar refractivity (Wildman–Crippen MR) is 188 cm³/mol. The van der Waals surface area contributed by atoms with Crippen LogP contribution >= 0.6 is 11.3 Å². The van der Waals surface area contributed by atoms with E-state index in [1.165, 1.54) is 65.8 Å². The summed E-state index contributed by atoms with van der Waals surface area (Å²) in [6, 6.07) is 11.9. The molecule has 47 heavy (non-hydrogen) atoms. The van der Waals surface area contributed by atoms with E-state index in [1.54, 1.807) is 11.1 Å². The van der Waals surface area contributed by atoms with Crippen LogP contribution in [0, 0.1) is 5.41 Å². The average Bonchev–Trinajstić information content (AvgIpc) is 3.91. The van der Waals surface area contributed by atoms with E-state index in [0.29, 0.717) is 23.9 Å². The summed E-state index contributed by atoms with van der Waals surface area (Å²) in [5, 5.41) is 6.61. The predicted octanol–water partition coefficient (Wildman–Crippen LogP) is 7.54. The van der Waals surface area contributed by atoms with Crippen LogP contribution in [0.15, 0.2) is 53.8 Å². The molecule has 1 spiro atoms. The number of benzene rings is 1. The number of nitrogens with one attached hydrogen (secondary N) is 4. The molecule has 3 aliphatic carbocycles. The molecule has 1 saturated carbocycles. The molecule has 2 saturated heterocycles. The van der Waals surface area contributed by atoms with E-state index in [1.807, 2.05) is 29.5 Å². The van der Waals surface area contributed by atoms with Crippen LogP contribution < -0.4 is 10.6 Å². The number of likely N-dealkylation sites (N-methyl/N-ethyl adjacent to an activating group) is 1. The highest BCUT2D eigenvalue weighted by Crippen LogP contribution is 2.62. The molecule has 3 fully saturated rings. The van der Waals surface area contributed by atoms with Gasteiger partial charge in [-0.3, -0.25) is 4.79 Å². The number of allylic oxidation sites excluding steroid dienone is 4. The van der Waals surface area contributed by atoms with Crippen LogP contribution in [0.5, 0.6) is 0 Å². The lowest BCUT2D eigenvalue weighted by Gasteiger charge is -2.51. The molecule has 0 radical (unpaired) electrons. The summed E-state index contributed by atoms with van der Waals surface area (Å²) in [5.74, 6) is 2.58. The second-order valence-electron chi connectivity index (χ2n) is 14.5. The van der Waals surface area contributed by atoms with Gasteiger partial charge in [0.25, 0.3) is 0 Å². The summed E-state index contributed by atoms with van der Waals surface area (Å²) in [4.78, 5) is 34.4. The number of aromatic nitrogens is 4. The number of imidazole rings is 2. The Hall–Kier alpha value is -3.53. The third-order valence-corrected chi connectivity index (χ3v) is 13.0. The zero-order valence-corrected chi connectivity index (χ0v) is 28.1. The molecule has 4 aromatic rings. The third kappa shape index (κ3) is 5.04. The first kappa shape index (κ1) is 29.6. The van der Waals surface area contributed by atoms with Crippen molar-refractivity contribution in [3.63, 3.8) is 0 Å². The van der Waals surface area contributed by atoms with Crippen molar-refractivity contribution >= 4 is 33.9 Å². The first-order chi connectivity index (χ1) is 23.1. The zero-order valence-electron chi connectivity index (χ0n) is 27.3. The summed E-state index contributed by atoms with van der Waals surface area (Å²) < 4.78 is 0. The van der Waals surface area contributed by atoms with Gasteiger partial charge in [0.05, 0.1) is 46.4 Å². The number of thiophene rings is 1. The number of nitrogens with zero attached hydrogens (tertiary/aromatic N) is 3. The highest BCUT2D eigenvalue weighted by atomic mass is 32.1. The lowest BCUT2D eigenvalue weighted by atomic mass is 9.53. The lowest BCUT2D eigenvalue weighted by Crippen LogP contribution is -2.37. The largest absolute Gasteiger partial charge is 0.341 e. The van der Waals surface area contributed by atoms with Crippen molar-refractivity contribution in [1.29, 1.82) is 0 Å². The van der Waals surface area contributed by atoms with Gasteiger partial charge in [-0.15, -0.1) is 11.3 Å². The van der Waals surface area contributed by atoms with Gasteiger partial charge < -0.3 is 25.5 Å². The van der Waals surface area contributed by atoms with Crippen molar-refractivity contribution in [2.24, 2.45) is 5.41 Å². The molecule has 8 nitrogen and oxygen atoms in total. The first-order valence-electron chi connectivity index (χ1n) is 17.9. The second-order valence-corrected chi connectivity index (χ2v) is 15.6. The molecule has 9 heteroatoms. The average molecular weight is 648 g/mol. The van der Waals surface area contributed by atoms with Gasteiger partial charge >= 0.3 is 0 Å². The van der Waals surface area contributed by atoms with E-state index >= 15 is 0 Å². The molecular weight excluding hydrogens is 603 g/mol. The second kappa shape index (κ2) is 11.9. The maximum atomic E-state index is 12.7. The third-order valence-electron chi connectivity index (χ3n) is 11.8. The van der Waals surface area contributed by atoms with E-state index in [2.05, 4.69) is 57.0 Å². The van der Waals surface area contributed by atoms with E-state index < -0.39 is 0 Å². The van der Waals surface area contributed by atoms with Gasteiger partial charge in [-0.25, -0.2) is 9.97 Å². The van der Waals surface area contributed by atoms with Crippen LogP contribution in [0.3, 0.4) is 0 Å². The van der Waals surface area contributed by atoms with Crippen LogP contribution in [-0.2, 0) is 4.79 Å². The Bertz CT molecular complexity index is 1880. The number of fused-ring (bicyclic) bond motifs is 2. The fraction of sp³-hybridized carbons (Fsp3) is 0.500. The van der Waals surface area contributed by atoms with Crippen LogP contribution in [-0.4, -0.2) is 57.4 Å². The number of aromatic amines is 2. The number of hydrogen-bond acceptors (Lipinski definition) is 6. The number of likely N-dealkylation sites (tertiary alicyclic amines) is 1. The highest BCUT2D eigenvalue weighted by molar-refractivity contribution is 7.15. The van der Waals surface area contributed by atoms with Gasteiger partial charge in [0.1, 0.15) is 11.6 Å². The molecule has 3 atom stereocenters. The Morgan fingerprint density at radius 3 is 2.81 bits per heavy atom. The molecule has 4 N–H and O–H groups in total. The topological polar surface area (TPSA) is 102 Å². The van der Waals surface area contributed by atoms with E-state index in [0.717, 1.165) is 67.1 Å². The molecule has 2 unspecified atom stereocenters. The van der Waals surface area contributed by atoms with Gasteiger partial charge in [-0.2, -0.15) is 0 Å². The summed E-state index contributed by atoms with van der Waals surface area (Å²) in [6.07, 6.45) is 17.7. The molecule has 3 aromatic heterocycles. The molecule has 1 aromatic carbocycles. The Morgan fingerprint density at radius 1 is 1.06 bits per heavy atom. The number of hydrogen-bond donors (Lipinski definition) is 4. The molecule has 5 heterocycles. The highest BCUT2D eigenvalue weighted by Gasteiger charge is 2.47. The van der Waals surface area contributed by atoms with E-state index in [-0.39, 0.29) is 11.9 Å². The van der Waals surface area contributed by atoms with Crippen LogP contribution in [0.1, 0.15) is 111 Å². The smallest absolute Gasteiger partial charge is 0.237 e. The Morgan fingerprint density at radius 2 is 1.98 bits per heavy atom. The standard InChI is InChI=1S/C38H45N7OS/c1-39-22-34(46)45-19-4-8-31(45)37-41-21-30(44-37)33-14-13-32(47-33)25-11-10-24(35-26(25)6-2-15-38(35)16-5-17-38)23-9-12-27-29(20-23)43-36(42-27)28-7-3-18-40-28/h9-10,12-14,20-21,25,28,31,39-40H,2-8,11,15-19,22H2,1H3,(H,41,44)(H,42,43)/t25?,28?,31-/m0/s1. The maximum Gasteiger partial charge on any atom is 0.237 e. The van der Waals surface area contributed by atoms with Crippen LogP contribution in [0.25, 0.3) is 27.2 Å². The lowest BCUT2D eigenvalue weighted by molar-refractivity contribution is -0.131. The van der Waals surface area contributed by atoms with Crippen molar-refractivity contribution in [3.8, 4) is 10.6 Å². The fourth-order valence-electron chi connectivity index (χ4n) is 9.35. The van der Waals surface area contributed by atoms with Gasteiger partial charge in [0, 0.05) is 17.3 Å². The molecule has 5 aliphatic rings. The van der Waals surface area contributed by atoms with E-state index in [9.17, 15) is 4.79 Å². The summed E-state index contributed by atoms with van der Waals surface area (Å²) in [6.45, 7) is 2.24. The van der Waals surface area contributed by atoms with E-state index in [4.69, 9.17) is 9.97 Å². The molecule has 9 rings (SSSR count). The van der Waals surface area contributed by atoms with Gasteiger partial charge in [0.15, 0.2) is 0 Å². The number of amides is 1. The van der Waals surface area contributed by atoms with Gasteiger partial charge in [-0.05, 0) is 124 Å². The number of H-pyrrole nitrogens is 2. The minimum Gasteiger partial charge on any atom is -0.341 e. The van der Waals surface area contributed by atoms with Crippen molar-refractivity contribution in [1.82, 2.24) is 35.5 Å². The first-order valence-corrected chi connectivity index (χ1v) is 18.7. The Kier molecular flexibility index (Phi) is 7.47. The van der Waals surface area contributed by atoms with Crippen molar-refractivity contribution in [2.75, 3.05) is 26.7 Å². The van der Waals surface area contributed by atoms with Gasteiger partial charge in [-0.1, -0.05) is 24.1 Å². The summed E-state index contributed by atoms with van der Waals surface area (Å²) >= 11 is 1.91. The van der Waals surface area contributed by atoms with Crippen molar-refractivity contribution in [2.45, 2.75) is 88.6 Å². The monoisotopic (exact) mass is 647 g/mol. The molecule has 244 valence electrons. The van der Waals surface area contributed by atoms with Crippen LogP contribution in [0.4, 0.5) is 0 Å². The van der Waals surface area contributed by atoms with Gasteiger partial charge in [0.2, 0.25) is 5.91 Å². The molecular formula is C38H45N7OS. The molecule has 1 amide bonds. The zero-order chi connectivity index (χ0) is 31.5. The summed E-state index contributed by atoms with van der Waals surface area (Å²) in [5.41, 5.74) is 9.82. The fourth-order valence-corrected chi connectivity index (χ4v) is 10.5. The maximum absolute atomic E-state index is 12.7. The molecule has 2 aliphatic heterocycles. The number of carbonyl (C=O) groups excluding carboxylic acids is 1. The quantitative estimate of drug-likeness (QED) is 0.166.